The number of nitrogens with zero attached hydrogens (tertiary/aromatic N) is 2. The fraction of sp³-hybridized carbons (Fsp3) is 0.273. The third kappa shape index (κ3) is 3.10. The van der Waals surface area contributed by atoms with Gasteiger partial charge in [0.15, 0.2) is 5.82 Å². The van der Waals surface area contributed by atoms with Crippen LogP contribution in [0.15, 0.2) is 24.3 Å². The van der Waals surface area contributed by atoms with Gasteiger partial charge in [-0.25, -0.2) is 0 Å². The zero-order valence-electron chi connectivity index (χ0n) is 9.51. The molecule has 17 heavy (non-hydrogen) atoms. The summed E-state index contributed by atoms with van der Waals surface area (Å²) in [6.07, 6.45) is 0. The molecule has 0 unspecified atom stereocenters. The van der Waals surface area contributed by atoms with Gasteiger partial charge >= 0.3 is 0 Å². The Bertz CT molecular complexity index is 467. The first-order valence-electron chi connectivity index (χ1n) is 5.30. The highest BCUT2D eigenvalue weighted by Gasteiger charge is 2.01. The van der Waals surface area contributed by atoms with Gasteiger partial charge in [0, 0.05) is 0 Å². The van der Waals surface area contributed by atoms with Crippen LogP contribution in [0.2, 0.25) is 0 Å². The van der Waals surface area contributed by atoms with Crippen LogP contribution in [0.5, 0.6) is 11.5 Å². The summed E-state index contributed by atoms with van der Waals surface area (Å²) in [5.41, 5.74) is 5.38. The summed E-state index contributed by atoms with van der Waals surface area (Å²) in [7, 11) is 0. The van der Waals surface area contributed by atoms with Crippen LogP contribution >= 0.6 is 0 Å². The molecule has 0 aliphatic heterocycles. The molecule has 0 atom stereocenters. The number of aromatic nitrogens is 3. The Balaban J connectivity index is 1.90. The topological polar surface area (TPSA) is 86.1 Å². The first-order valence-corrected chi connectivity index (χ1v) is 5.30. The summed E-state index contributed by atoms with van der Waals surface area (Å²) in [6, 6.07) is 7.39. The number of rotatable bonds is 5. The number of hydrogen-bond donors (Lipinski definition) is 2. The van der Waals surface area contributed by atoms with Gasteiger partial charge < -0.3 is 15.2 Å². The van der Waals surface area contributed by atoms with Crippen molar-refractivity contribution in [3.8, 4) is 11.5 Å². The van der Waals surface area contributed by atoms with E-state index in [1.807, 2.05) is 31.2 Å². The zero-order chi connectivity index (χ0) is 12.1. The van der Waals surface area contributed by atoms with E-state index in [4.69, 9.17) is 15.2 Å². The summed E-state index contributed by atoms with van der Waals surface area (Å²) in [5, 5.41) is 6.38. The Kier molecular flexibility index (Phi) is 3.44. The van der Waals surface area contributed by atoms with Gasteiger partial charge in [0.1, 0.15) is 18.1 Å². The van der Waals surface area contributed by atoms with E-state index in [-0.39, 0.29) is 5.95 Å². The highest BCUT2D eigenvalue weighted by atomic mass is 16.5. The van der Waals surface area contributed by atoms with Crippen molar-refractivity contribution < 1.29 is 9.47 Å². The second-order valence-electron chi connectivity index (χ2n) is 3.33. The predicted octanol–water partition coefficient (Wildman–Crippen LogP) is 1.36. The van der Waals surface area contributed by atoms with E-state index >= 15 is 0 Å². The first-order chi connectivity index (χ1) is 8.28. The van der Waals surface area contributed by atoms with Gasteiger partial charge in [0.05, 0.1) is 6.61 Å². The third-order valence-corrected chi connectivity index (χ3v) is 2.06. The van der Waals surface area contributed by atoms with E-state index in [2.05, 4.69) is 15.2 Å². The maximum absolute atomic E-state index is 5.49. The number of anilines is 1. The first kappa shape index (κ1) is 11.3. The van der Waals surface area contributed by atoms with Crippen molar-refractivity contribution in [1.82, 2.24) is 15.2 Å². The molecule has 1 aromatic carbocycles. The van der Waals surface area contributed by atoms with E-state index in [1.54, 1.807) is 0 Å². The number of nitrogens with one attached hydrogen (secondary N) is 1. The molecule has 0 radical (unpaired) electrons. The minimum Gasteiger partial charge on any atom is -0.494 e. The molecule has 6 nitrogen and oxygen atoms in total. The highest BCUT2D eigenvalue weighted by Crippen LogP contribution is 2.18. The Hall–Kier alpha value is -2.24. The normalized spacial score (nSPS) is 10.2. The van der Waals surface area contributed by atoms with Gasteiger partial charge in [-0.1, -0.05) is 0 Å². The van der Waals surface area contributed by atoms with E-state index in [1.165, 1.54) is 0 Å². The standard InChI is InChI=1S/C11H14N4O2/c1-2-16-8-3-5-9(6-4-8)17-7-10-13-11(12)15-14-10/h3-6H,2,7H2,1H3,(H3,12,13,14,15). The van der Waals surface area contributed by atoms with Crippen molar-refractivity contribution in [2.24, 2.45) is 0 Å². The molecule has 1 heterocycles. The van der Waals surface area contributed by atoms with Crippen LogP contribution in [0.25, 0.3) is 0 Å². The summed E-state index contributed by atoms with van der Waals surface area (Å²) >= 11 is 0. The second-order valence-corrected chi connectivity index (χ2v) is 3.33. The van der Waals surface area contributed by atoms with Crippen molar-refractivity contribution >= 4 is 5.95 Å². The van der Waals surface area contributed by atoms with Gasteiger partial charge in [-0.05, 0) is 31.2 Å². The Morgan fingerprint density at radius 3 is 2.35 bits per heavy atom. The molecule has 90 valence electrons. The van der Waals surface area contributed by atoms with Gasteiger partial charge in [-0.3, -0.25) is 5.10 Å². The molecular weight excluding hydrogens is 220 g/mol. The highest BCUT2D eigenvalue weighted by molar-refractivity contribution is 5.31. The number of hydrogen-bond acceptors (Lipinski definition) is 5. The average Bonchev–Trinajstić information content (AvgIpc) is 2.75. The van der Waals surface area contributed by atoms with Crippen LogP contribution in [-0.2, 0) is 6.61 Å². The van der Waals surface area contributed by atoms with Crippen LogP contribution in [0, 0.1) is 0 Å². The molecule has 0 spiro atoms. The van der Waals surface area contributed by atoms with Crippen LogP contribution in [0.1, 0.15) is 12.7 Å². The quantitative estimate of drug-likeness (QED) is 0.815. The fourth-order valence-electron chi connectivity index (χ4n) is 1.33. The van der Waals surface area contributed by atoms with E-state index in [0.717, 1.165) is 11.5 Å². The Morgan fingerprint density at radius 2 is 1.82 bits per heavy atom. The number of ether oxygens (including phenoxy) is 2. The molecule has 0 aliphatic carbocycles. The smallest absolute Gasteiger partial charge is 0.239 e. The van der Waals surface area contributed by atoms with Crippen molar-refractivity contribution in [3.05, 3.63) is 30.1 Å². The summed E-state index contributed by atoms with van der Waals surface area (Å²) < 4.78 is 10.8. The van der Waals surface area contributed by atoms with Crippen LogP contribution < -0.4 is 15.2 Å². The van der Waals surface area contributed by atoms with E-state index in [9.17, 15) is 0 Å². The Morgan fingerprint density at radius 1 is 1.18 bits per heavy atom. The van der Waals surface area contributed by atoms with Gasteiger partial charge in [0.2, 0.25) is 5.95 Å². The summed E-state index contributed by atoms with van der Waals surface area (Å²) in [4.78, 5) is 3.93. The van der Waals surface area contributed by atoms with Crippen molar-refractivity contribution in [3.63, 3.8) is 0 Å². The number of H-pyrrole nitrogens is 1. The minimum absolute atomic E-state index is 0.218. The molecule has 3 N–H and O–H groups in total. The number of aromatic amines is 1. The molecule has 0 saturated carbocycles. The van der Waals surface area contributed by atoms with Crippen molar-refractivity contribution in [2.75, 3.05) is 12.3 Å². The van der Waals surface area contributed by atoms with Crippen molar-refractivity contribution in [1.29, 1.82) is 0 Å². The molecule has 2 rings (SSSR count). The molecule has 0 bridgehead atoms. The molecule has 1 aromatic heterocycles. The lowest BCUT2D eigenvalue weighted by atomic mass is 10.3. The SMILES string of the molecule is CCOc1ccc(OCc2nc(N)n[nH]2)cc1. The molecule has 2 aromatic rings. The predicted molar refractivity (Wildman–Crippen MR) is 62.7 cm³/mol. The van der Waals surface area contributed by atoms with E-state index in [0.29, 0.717) is 19.0 Å². The maximum atomic E-state index is 5.49. The number of nitrogens with two attached hydrogens (primary N) is 1. The zero-order valence-corrected chi connectivity index (χ0v) is 9.51. The summed E-state index contributed by atoms with van der Waals surface area (Å²) in [5.74, 6) is 2.37. The molecular formula is C11H14N4O2. The molecule has 0 amide bonds. The van der Waals surface area contributed by atoms with Gasteiger partial charge in [-0.2, -0.15) is 4.98 Å². The number of benzene rings is 1. The molecule has 0 saturated heterocycles. The fourth-order valence-corrected chi connectivity index (χ4v) is 1.33. The average molecular weight is 234 g/mol. The molecule has 6 heteroatoms. The van der Waals surface area contributed by atoms with Crippen LogP contribution in [0.4, 0.5) is 5.95 Å². The van der Waals surface area contributed by atoms with Crippen LogP contribution in [0.3, 0.4) is 0 Å². The lowest BCUT2D eigenvalue weighted by Crippen LogP contribution is -1.98. The maximum Gasteiger partial charge on any atom is 0.239 e. The lowest BCUT2D eigenvalue weighted by Gasteiger charge is -2.05. The third-order valence-electron chi connectivity index (χ3n) is 2.06. The number of nitrogen functional groups attached to an aromatic ring is 1. The lowest BCUT2D eigenvalue weighted by molar-refractivity contribution is 0.294. The van der Waals surface area contributed by atoms with Gasteiger partial charge in [0.25, 0.3) is 0 Å². The van der Waals surface area contributed by atoms with E-state index < -0.39 is 0 Å². The largest absolute Gasteiger partial charge is 0.494 e. The monoisotopic (exact) mass is 234 g/mol. The van der Waals surface area contributed by atoms with Crippen molar-refractivity contribution in [2.45, 2.75) is 13.5 Å². The molecule has 0 aliphatic rings. The second kappa shape index (κ2) is 5.20. The van der Waals surface area contributed by atoms with Crippen LogP contribution in [-0.4, -0.2) is 21.8 Å². The minimum atomic E-state index is 0.218. The molecule has 0 fully saturated rings. The summed E-state index contributed by atoms with van der Waals surface area (Å²) in [6.45, 7) is 2.90. The van der Waals surface area contributed by atoms with Gasteiger partial charge in [-0.15, -0.1) is 5.10 Å². The Labute approximate surface area is 98.8 Å².